The Labute approximate surface area is 204 Å². The van der Waals surface area contributed by atoms with Crippen molar-refractivity contribution in [2.24, 2.45) is 0 Å². The van der Waals surface area contributed by atoms with E-state index in [1.807, 2.05) is 17.2 Å². The number of hydrogen-bond donors (Lipinski definition) is 2. The second kappa shape index (κ2) is 11.2. The molecule has 1 aromatic heterocycles. The molecule has 4 rings (SSSR count). The molecule has 1 fully saturated rings. The minimum absolute atomic E-state index is 0.0876. The molecule has 3 aromatic rings. The number of nitrogens with one attached hydrogen (secondary N) is 2. The lowest BCUT2D eigenvalue weighted by molar-refractivity contribution is -0.116. The minimum Gasteiger partial charge on any atom is -0.497 e. The predicted octanol–water partition coefficient (Wildman–Crippen LogP) is 2.95. The number of ether oxygens (including phenoxy) is 2. The van der Waals surface area contributed by atoms with Crippen molar-refractivity contribution in [1.82, 2.24) is 9.78 Å². The number of methoxy groups -OCH3 is 1. The monoisotopic (exact) mass is 499 g/mol. The molecule has 0 aliphatic carbocycles. The van der Waals surface area contributed by atoms with Crippen LogP contribution in [-0.2, 0) is 26.1 Å². The Bertz CT molecular complexity index is 1220. The molecule has 0 bridgehead atoms. The summed E-state index contributed by atoms with van der Waals surface area (Å²) < 4.78 is 41.8. The van der Waals surface area contributed by atoms with Gasteiger partial charge < -0.3 is 19.7 Å². The van der Waals surface area contributed by atoms with E-state index in [4.69, 9.17) is 9.47 Å². The zero-order chi connectivity index (χ0) is 24.7. The van der Waals surface area contributed by atoms with E-state index in [1.54, 1.807) is 54.4 Å². The maximum atomic E-state index is 13.4. The first-order valence-electron chi connectivity index (χ1n) is 11.4. The van der Waals surface area contributed by atoms with Gasteiger partial charge in [0.15, 0.2) is 0 Å². The summed E-state index contributed by atoms with van der Waals surface area (Å²) in [6.45, 7) is 2.80. The smallest absolute Gasteiger partial charge is 0.264 e. The van der Waals surface area contributed by atoms with Crippen molar-refractivity contribution in [1.29, 1.82) is 0 Å². The zero-order valence-corrected chi connectivity index (χ0v) is 20.3. The molecule has 10 nitrogen and oxygen atoms in total. The van der Waals surface area contributed by atoms with E-state index in [0.29, 0.717) is 62.1 Å². The first kappa shape index (κ1) is 24.6. The van der Waals surface area contributed by atoms with E-state index in [2.05, 4.69) is 15.1 Å². The van der Waals surface area contributed by atoms with Gasteiger partial charge in [0.2, 0.25) is 5.91 Å². The molecule has 0 spiro atoms. The molecule has 2 heterocycles. The lowest BCUT2D eigenvalue weighted by Crippen LogP contribution is -2.37. The maximum absolute atomic E-state index is 13.4. The van der Waals surface area contributed by atoms with Crippen LogP contribution in [0, 0.1) is 0 Å². The zero-order valence-electron chi connectivity index (χ0n) is 19.5. The first-order valence-corrected chi connectivity index (χ1v) is 12.8. The van der Waals surface area contributed by atoms with Gasteiger partial charge in [-0.25, -0.2) is 8.42 Å². The molecule has 0 radical (unpaired) electrons. The van der Waals surface area contributed by atoms with E-state index < -0.39 is 10.0 Å². The van der Waals surface area contributed by atoms with Gasteiger partial charge in [-0.3, -0.25) is 14.2 Å². The highest BCUT2D eigenvalue weighted by molar-refractivity contribution is 7.92. The molecule has 11 heteroatoms. The van der Waals surface area contributed by atoms with Crippen LogP contribution in [0.25, 0.3) is 0 Å². The Morgan fingerprint density at radius 3 is 2.54 bits per heavy atom. The summed E-state index contributed by atoms with van der Waals surface area (Å²) in [7, 11) is -2.41. The number of sulfonamides is 1. The molecule has 1 saturated heterocycles. The number of rotatable bonds is 10. The van der Waals surface area contributed by atoms with E-state index >= 15 is 0 Å². The summed E-state index contributed by atoms with van der Waals surface area (Å²) >= 11 is 0. The van der Waals surface area contributed by atoms with Crippen LogP contribution in [0.5, 0.6) is 5.75 Å². The Morgan fingerprint density at radius 1 is 1.11 bits per heavy atom. The highest BCUT2D eigenvalue weighted by Gasteiger charge is 2.24. The number of hydrogen-bond acceptors (Lipinski definition) is 7. The molecule has 0 atom stereocenters. The maximum Gasteiger partial charge on any atom is 0.264 e. The molecular formula is C24H29N5O5S. The minimum atomic E-state index is -3.95. The van der Waals surface area contributed by atoms with E-state index in [0.717, 1.165) is 0 Å². The Kier molecular flexibility index (Phi) is 7.88. The Balaban J connectivity index is 1.53. The lowest BCUT2D eigenvalue weighted by atomic mass is 10.2. The van der Waals surface area contributed by atoms with Crippen LogP contribution in [0.3, 0.4) is 0 Å². The van der Waals surface area contributed by atoms with Crippen LogP contribution in [-0.4, -0.2) is 57.5 Å². The van der Waals surface area contributed by atoms with Gasteiger partial charge in [-0.15, -0.1) is 0 Å². The number of amides is 1. The van der Waals surface area contributed by atoms with Crippen molar-refractivity contribution in [3.63, 3.8) is 0 Å². The van der Waals surface area contributed by atoms with Crippen molar-refractivity contribution >= 4 is 33.0 Å². The third-order valence-corrected chi connectivity index (χ3v) is 6.99. The third-order valence-electron chi connectivity index (χ3n) is 5.58. The second-order valence-corrected chi connectivity index (χ2v) is 9.69. The Hall–Kier alpha value is -3.57. The number of nitrogens with zero attached hydrogens (tertiary/aromatic N) is 3. The van der Waals surface area contributed by atoms with Gasteiger partial charge in [-0.1, -0.05) is 0 Å². The summed E-state index contributed by atoms with van der Waals surface area (Å²) in [5.41, 5.74) is 1.39. The van der Waals surface area contributed by atoms with Gasteiger partial charge in [0.25, 0.3) is 10.0 Å². The van der Waals surface area contributed by atoms with Crippen molar-refractivity contribution < 1.29 is 22.7 Å². The highest BCUT2D eigenvalue weighted by Crippen LogP contribution is 2.31. The fourth-order valence-corrected chi connectivity index (χ4v) is 5.11. The number of morpholine rings is 1. The summed E-state index contributed by atoms with van der Waals surface area (Å²) in [4.78, 5) is 14.6. The van der Waals surface area contributed by atoms with E-state index in [1.165, 1.54) is 6.07 Å². The van der Waals surface area contributed by atoms with Gasteiger partial charge in [0.05, 0.1) is 26.0 Å². The molecule has 1 amide bonds. The molecule has 2 N–H and O–H groups in total. The Morgan fingerprint density at radius 2 is 1.86 bits per heavy atom. The van der Waals surface area contributed by atoms with Gasteiger partial charge in [-0.2, -0.15) is 5.10 Å². The summed E-state index contributed by atoms with van der Waals surface area (Å²) in [6.07, 6.45) is 4.44. The number of aromatic nitrogens is 2. The molecule has 186 valence electrons. The number of anilines is 3. The average Bonchev–Trinajstić information content (AvgIpc) is 3.38. The number of carbonyl (C=O) groups is 1. The summed E-state index contributed by atoms with van der Waals surface area (Å²) in [6, 6.07) is 13.4. The number of benzene rings is 2. The topological polar surface area (TPSA) is 115 Å². The van der Waals surface area contributed by atoms with E-state index in [-0.39, 0.29) is 17.2 Å². The molecule has 0 saturated carbocycles. The summed E-state index contributed by atoms with van der Waals surface area (Å²) in [5.74, 6) is 0.432. The fourth-order valence-electron chi connectivity index (χ4n) is 3.80. The first-order chi connectivity index (χ1) is 16.9. The molecule has 1 aliphatic rings. The van der Waals surface area contributed by atoms with Crippen molar-refractivity contribution in [3.8, 4) is 5.75 Å². The standard InChI is InChI=1S/C24H29N5O5S/c1-33-21-8-5-19(6-9-21)27-35(31,32)23-18-20(7-10-22(23)28-14-16-34-17-15-28)26-24(30)4-2-12-29-13-3-11-25-29/h3,5-11,13,18,27H,2,4,12,14-17H2,1H3,(H,26,30). The van der Waals surface area contributed by atoms with Crippen LogP contribution >= 0.6 is 0 Å². The van der Waals surface area contributed by atoms with Crippen LogP contribution in [0.15, 0.2) is 65.8 Å². The van der Waals surface area contributed by atoms with E-state index in [9.17, 15) is 13.2 Å². The van der Waals surface area contributed by atoms with Crippen molar-refractivity contribution in [3.05, 3.63) is 60.9 Å². The SMILES string of the molecule is COc1ccc(NS(=O)(=O)c2cc(NC(=O)CCCn3cccn3)ccc2N2CCOCC2)cc1. The predicted molar refractivity (Wildman–Crippen MR) is 133 cm³/mol. The third kappa shape index (κ3) is 6.52. The van der Waals surface area contributed by atoms with Gasteiger partial charge >= 0.3 is 0 Å². The largest absolute Gasteiger partial charge is 0.497 e. The van der Waals surface area contributed by atoms with Crippen LogP contribution in [0.4, 0.5) is 17.1 Å². The van der Waals surface area contributed by atoms with Gasteiger partial charge in [0, 0.05) is 49.8 Å². The van der Waals surface area contributed by atoms with Crippen molar-refractivity contribution in [2.45, 2.75) is 24.3 Å². The molecular weight excluding hydrogens is 470 g/mol. The van der Waals surface area contributed by atoms with Crippen LogP contribution in [0.1, 0.15) is 12.8 Å². The van der Waals surface area contributed by atoms with Crippen LogP contribution in [0.2, 0.25) is 0 Å². The highest BCUT2D eigenvalue weighted by atomic mass is 32.2. The van der Waals surface area contributed by atoms with Gasteiger partial charge in [0.1, 0.15) is 10.6 Å². The van der Waals surface area contributed by atoms with Crippen molar-refractivity contribution in [2.75, 3.05) is 48.4 Å². The van der Waals surface area contributed by atoms with Crippen LogP contribution < -0.4 is 19.7 Å². The number of carbonyl (C=O) groups excluding carboxylic acids is 1. The second-order valence-electron chi connectivity index (χ2n) is 8.04. The lowest BCUT2D eigenvalue weighted by Gasteiger charge is -2.30. The molecule has 35 heavy (non-hydrogen) atoms. The quantitative estimate of drug-likeness (QED) is 0.441. The average molecular weight is 500 g/mol. The fraction of sp³-hybridized carbons (Fsp3) is 0.333. The van der Waals surface area contributed by atoms with Gasteiger partial charge in [-0.05, 0) is 55.0 Å². The normalized spacial score (nSPS) is 13.9. The molecule has 1 aliphatic heterocycles. The molecule has 0 unspecified atom stereocenters. The number of aryl methyl sites for hydroxylation is 1. The molecule has 2 aromatic carbocycles. The summed E-state index contributed by atoms with van der Waals surface area (Å²) in [5, 5.41) is 6.95.